The number of para-hydroxylation sites is 1. The molecule has 35 heavy (non-hydrogen) atoms. The van der Waals surface area contributed by atoms with Crippen molar-refractivity contribution in [3.8, 4) is 40.0 Å². The lowest BCUT2D eigenvalue weighted by atomic mass is 9.98. The van der Waals surface area contributed by atoms with Gasteiger partial charge in [-0.25, -0.2) is 0 Å². The zero-order chi connectivity index (χ0) is 24.8. The van der Waals surface area contributed by atoms with Gasteiger partial charge < -0.3 is 19.4 Å². The second-order valence-electron chi connectivity index (χ2n) is 7.73. The first-order chi connectivity index (χ1) is 17.0. The third-order valence-electron chi connectivity index (χ3n) is 5.50. The van der Waals surface area contributed by atoms with E-state index < -0.39 is 0 Å². The van der Waals surface area contributed by atoms with Gasteiger partial charge in [0, 0.05) is 18.3 Å². The van der Waals surface area contributed by atoms with Gasteiger partial charge in [-0.3, -0.25) is 9.59 Å². The van der Waals surface area contributed by atoms with Gasteiger partial charge in [0.1, 0.15) is 11.6 Å². The van der Waals surface area contributed by atoms with Crippen LogP contribution in [0.2, 0.25) is 0 Å². The highest BCUT2D eigenvalue weighted by atomic mass is 16.5. The van der Waals surface area contributed by atoms with Gasteiger partial charge >= 0.3 is 0 Å². The number of hydrogen-bond acceptors (Lipinski definition) is 5. The van der Waals surface area contributed by atoms with Gasteiger partial charge in [-0.05, 0) is 41.5 Å². The summed E-state index contributed by atoms with van der Waals surface area (Å²) in [6.07, 6.45) is 0. The van der Waals surface area contributed by atoms with Crippen molar-refractivity contribution in [1.82, 2.24) is 4.57 Å². The van der Waals surface area contributed by atoms with Crippen LogP contribution in [0, 0.1) is 11.3 Å². The van der Waals surface area contributed by atoms with Crippen molar-refractivity contribution in [3.05, 3.63) is 101 Å². The van der Waals surface area contributed by atoms with Crippen LogP contribution in [0.15, 0.2) is 89.7 Å². The fraction of sp³-hybridized carbons (Fsp3) is 0.107. The van der Waals surface area contributed by atoms with Crippen LogP contribution in [0.5, 0.6) is 11.5 Å². The number of nitriles is 1. The molecular formula is C28H23N3O4. The number of ether oxygens (including phenoxy) is 2. The Kier molecular flexibility index (Phi) is 6.94. The minimum atomic E-state index is -0.388. The molecular weight excluding hydrogens is 442 g/mol. The first kappa shape index (κ1) is 23.3. The molecule has 0 unspecified atom stereocenters. The minimum Gasteiger partial charge on any atom is -0.493 e. The molecule has 0 bridgehead atoms. The van der Waals surface area contributed by atoms with Crippen LogP contribution in [-0.2, 0) is 11.8 Å². The molecule has 7 nitrogen and oxygen atoms in total. The molecule has 7 heteroatoms. The second kappa shape index (κ2) is 10.4. The molecule has 4 rings (SSSR count). The normalized spacial score (nSPS) is 10.3. The predicted molar refractivity (Wildman–Crippen MR) is 134 cm³/mol. The maximum Gasteiger partial charge on any atom is 0.269 e. The number of carbonyl (C=O) groups excluding carboxylic acids is 1. The van der Waals surface area contributed by atoms with Gasteiger partial charge in [-0.15, -0.1) is 0 Å². The van der Waals surface area contributed by atoms with E-state index in [1.165, 1.54) is 11.7 Å². The lowest BCUT2D eigenvalue weighted by molar-refractivity contribution is -0.118. The predicted octanol–water partition coefficient (Wildman–Crippen LogP) is 4.62. The van der Waals surface area contributed by atoms with Crippen molar-refractivity contribution < 1.29 is 14.3 Å². The van der Waals surface area contributed by atoms with E-state index in [9.17, 15) is 14.9 Å². The fourth-order valence-electron chi connectivity index (χ4n) is 3.74. The Labute approximate surface area is 202 Å². The van der Waals surface area contributed by atoms with Crippen molar-refractivity contribution >= 4 is 11.6 Å². The van der Waals surface area contributed by atoms with Crippen LogP contribution >= 0.6 is 0 Å². The van der Waals surface area contributed by atoms with Crippen molar-refractivity contribution in [2.24, 2.45) is 7.05 Å². The molecule has 0 aliphatic carbocycles. The Morgan fingerprint density at radius 1 is 0.943 bits per heavy atom. The molecule has 0 aliphatic heterocycles. The van der Waals surface area contributed by atoms with Crippen LogP contribution in [0.1, 0.15) is 5.56 Å². The number of rotatable bonds is 7. The average molecular weight is 466 g/mol. The van der Waals surface area contributed by atoms with Crippen LogP contribution in [0.4, 0.5) is 5.69 Å². The molecule has 0 aliphatic rings. The second-order valence-corrected chi connectivity index (χ2v) is 7.73. The number of carbonyl (C=O) groups is 1. The van der Waals surface area contributed by atoms with E-state index >= 15 is 0 Å². The van der Waals surface area contributed by atoms with E-state index in [2.05, 4.69) is 5.32 Å². The molecule has 0 radical (unpaired) electrons. The van der Waals surface area contributed by atoms with Gasteiger partial charge in [0.05, 0.1) is 12.8 Å². The number of benzene rings is 3. The van der Waals surface area contributed by atoms with E-state index in [1.54, 1.807) is 37.4 Å². The summed E-state index contributed by atoms with van der Waals surface area (Å²) in [6, 6.07) is 27.5. The molecule has 0 atom stereocenters. The van der Waals surface area contributed by atoms with Crippen molar-refractivity contribution in [3.63, 3.8) is 0 Å². The molecule has 0 saturated heterocycles. The number of methoxy groups -OCH3 is 1. The summed E-state index contributed by atoms with van der Waals surface area (Å²) in [4.78, 5) is 25.2. The van der Waals surface area contributed by atoms with E-state index in [1.807, 2.05) is 60.7 Å². The lowest BCUT2D eigenvalue weighted by Crippen LogP contribution is -2.22. The summed E-state index contributed by atoms with van der Waals surface area (Å²) in [6.45, 7) is -0.210. The first-order valence-electron chi connectivity index (χ1n) is 10.9. The van der Waals surface area contributed by atoms with Gasteiger partial charge in [-0.2, -0.15) is 5.26 Å². The number of hydrogen-bond donors (Lipinski definition) is 1. The Hall–Kier alpha value is -4.83. The zero-order valence-corrected chi connectivity index (χ0v) is 19.3. The summed E-state index contributed by atoms with van der Waals surface area (Å²) in [5.74, 6) is 0.430. The van der Waals surface area contributed by atoms with Crippen LogP contribution < -0.4 is 20.3 Å². The topological polar surface area (TPSA) is 93.3 Å². The summed E-state index contributed by atoms with van der Waals surface area (Å²) in [7, 11) is 3.13. The maximum absolute atomic E-state index is 13.0. The largest absolute Gasteiger partial charge is 0.493 e. The van der Waals surface area contributed by atoms with Crippen LogP contribution in [0.25, 0.3) is 22.4 Å². The quantitative estimate of drug-likeness (QED) is 0.430. The monoisotopic (exact) mass is 465 g/mol. The van der Waals surface area contributed by atoms with Crippen molar-refractivity contribution in [2.45, 2.75) is 0 Å². The number of aromatic nitrogens is 1. The lowest BCUT2D eigenvalue weighted by Gasteiger charge is -2.15. The van der Waals surface area contributed by atoms with Gasteiger partial charge in [-0.1, -0.05) is 54.6 Å². The maximum atomic E-state index is 13.0. The summed E-state index contributed by atoms with van der Waals surface area (Å²) >= 11 is 0. The highest BCUT2D eigenvalue weighted by Gasteiger charge is 2.17. The minimum absolute atomic E-state index is 0.0325. The molecule has 0 fully saturated rings. The molecule has 1 amide bonds. The number of nitrogens with zero attached hydrogens (tertiary/aromatic N) is 2. The van der Waals surface area contributed by atoms with Gasteiger partial charge in [0.25, 0.3) is 11.5 Å². The molecule has 0 saturated carbocycles. The Morgan fingerprint density at radius 3 is 2.29 bits per heavy atom. The SMILES string of the molecule is COc1cc(-c2cc(-c3ccccc3)n(C)c(=O)c2C#N)ccc1OCC(=O)Nc1ccccc1. The summed E-state index contributed by atoms with van der Waals surface area (Å²) < 4.78 is 12.6. The summed E-state index contributed by atoms with van der Waals surface area (Å²) in [5, 5.41) is 12.5. The van der Waals surface area contributed by atoms with E-state index in [4.69, 9.17) is 9.47 Å². The molecule has 1 heterocycles. The number of nitrogens with one attached hydrogen (secondary N) is 1. The molecule has 0 spiro atoms. The highest BCUT2D eigenvalue weighted by Crippen LogP contribution is 2.34. The third-order valence-corrected chi connectivity index (χ3v) is 5.50. The number of anilines is 1. The van der Waals surface area contributed by atoms with E-state index in [0.29, 0.717) is 34.0 Å². The Bertz CT molecular complexity index is 1460. The van der Waals surface area contributed by atoms with Crippen LogP contribution in [0.3, 0.4) is 0 Å². The molecule has 174 valence electrons. The Balaban J connectivity index is 1.65. The first-order valence-corrected chi connectivity index (χ1v) is 10.9. The van der Waals surface area contributed by atoms with Gasteiger partial charge in [0.2, 0.25) is 0 Å². The molecule has 1 aromatic heterocycles. The smallest absolute Gasteiger partial charge is 0.269 e. The van der Waals surface area contributed by atoms with Gasteiger partial charge in [0.15, 0.2) is 18.1 Å². The number of pyridine rings is 1. The van der Waals surface area contributed by atoms with Crippen LogP contribution in [-0.4, -0.2) is 24.2 Å². The standard InChI is InChI=1S/C28H23N3O4/c1-31-24(19-9-5-3-6-10-19)16-22(23(17-29)28(31)33)20-13-14-25(26(15-20)34-2)35-18-27(32)30-21-11-7-4-8-12-21/h3-16H,18H2,1-2H3,(H,30,32). The van der Waals surface area contributed by atoms with Crippen molar-refractivity contribution in [2.75, 3.05) is 19.0 Å². The zero-order valence-electron chi connectivity index (χ0n) is 19.3. The van der Waals surface area contributed by atoms with Crippen molar-refractivity contribution in [1.29, 1.82) is 5.26 Å². The highest BCUT2D eigenvalue weighted by molar-refractivity contribution is 5.91. The van der Waals surface area contributed by atoms with E-state index in [0.717, 1.165) is 5.56 Å². The number of amides is 1. The fourth-order valence-corrected chi connectivity index (χ4v) is 3.74. The Morgan fingerprint density at radius 2 is 1.63 bits per heavy atom. The average Bonchev–Trinajstić information content (AvgIpc) is 2.90. The molecule has 1 N–H and O–H groups in total. The molecule has 4 aromatic rings. The summed E-state index contributed by atoms with van der Waals surface area (Å²) in [5.41, 5.74) is 2.96. The van der Waals surface area contributed by atoms with E-state index in [-0.39, 0.29) is 23.6 Å². The molecule has 3 aromatic carbocycles. The third kappa shape index (κ3) is 5.07.